The number of nitrogens with one attached hydrogen (secondary N) is 1. The molecule has 0 bridgehead atoms. The van der Waals surface area contributed by atoms with Gasteiger partial charge in [0.25, 0.3) is 5.91 Å². The van der Waals surface area contributed by atoms with Crippen molar-refractivity contribution in [1.82, 2.24) is 15.1 Å². The van der Waals surface area contributed by atoms with Gasteiger partial charge in [-0.05, 0) is 67.8 Å². The SMILES string of the molecule is O=C(NCC(O)COc1ccc(C(F)(F)F)cc1)c1nn(-c2ccc(F)cc2)c2c1CCC2. The molecule has 4 rings (SSSR count). The molecule has 6 nitrogen and oxygen atoms in total. The monoisotopic (exact) mass is 463 g/mol. The van der Waals surface area contributed by atoms with E-state index in [1.54, 1.807) is 16.8 Å². The van der Waals surface area contributed by atoms with Gasteiger partial charge in [-0.15, -0.1) is 0 Å². The first-order valence-corrected chi connectivity index (χ1v) is 10.4. The Morgan fingerprint density at radius 3 is 2.48 bits per heavy atom. The van der Waals surface area contributed by atoms with E-state index in [1.807, 2.05) is 0 Å². The number of aromatic nitrogens is 2. The number of aliphatic hydroxyl groups excluding tert-OH is 1. The van der Waals surface area contributed by atoms with Gasteiger partial charge in [-0.3, -0.25) is 4.79 Å². The van der Waals surface area contributed by atoms with E-state index in [1.165, 1.54) is 24.3 Å². The molecule has 0 spiro atoms. The average molecular weight is 463 g/mol. The lowest BCUT2D eigenvalue weighted by atomic mass is 10.2. The molecule has 0 radical (unpaired) electrons. The molecule has 1 heterocycles. The molecule has 10 heteroatoms. The fourth-order valence-electron chi connectivity index (χ4n) is 3.70. The maximum absolute atomic E-state index is 13.2. The number of fused-ring (bicyclic) bond motifs is 1. The van der Waals surface area contributed by atoms with Crippen molar-refractivity contribution in [2.45, 2.75) is 31.5 Å². The summed E-state index contributed by atoms with van der Waals surface area (Å²) in [6.45, 7) is -0.342. The molecule has 33 heavy (non-hydrogen) atoms. The summed E-state index contributed by atoms with van der Waals surface area (Å²) >= 11 is 0. The Morgan fingerprint density at radius 1 is 1.12 bits per heavy atom. The Balaban J connectivity index is 1.35. The normalized spacial score (nSPS) is 14.1. The highest BCUT2D eigenvalue weighted by Gasteiger charge is 2.30. The lowest BCUT2D eigenvalue weighted by molar-refractivity contribution is -0.137. The molecule has 0 fully saturated rings. The molecule has 1 aliphatic carbocycles. The van der Waals surface area contributed by atoms with Gasteiger partial charge in [-0.25, -0.2) is 9.07 Å². The molecule has 1 aromatic heterocycles. The van der Waals surface area contributed by atoms with E-state index in [-0.39, 0.29) is 30.4 Å². The first-order valence-electron chi connectivity index (χ1n) is 10.4. The first-order chi connectivity index (χ1) is 15.7. The van der Waals surface area contributed by atoms with Crippen LogP contribution in [-0.4, -0.2) is 40.0 Å². The molecule has 0 saturated heterocycles. The van der Waals surface area contributed by atoms with Gasteiger partial charge in [0.1, 0.15) is 24.3 Å². The van der Waals surface area contributed by atoms with Crippen LogP contribution in [0.25, 0.3) is 5.69 Å². The molecule has 2 N–H and O–H groups in total. The highest BCUT2D eigenvalue weighted by molar-refractivity contribution is 5.94. The highest BCUT2D eigenvalue weighted by Crippen LogP contribution is 2.30. The topological polar surface area (TPSA) is 76.4 Å². The second-order valence-electron chi connectivity index (χ2n) is 7.71. The number of hydrogen-bond donors (Lipinski definition) is 2. The van der Waals surface area contributed by atoms with Gasteiger partial charge >= 0.3 is 6.18 Å². The van der Waals surface area contributed by atoms with Crippen LogP contribution in [0.5, 0.6) is 5.75 Å². The summed E-state index contributed by atoms with van der Waals surface area (Å²) < 4.78 is 58.0. The number of carbonyl (C=O) groups excluding carboxylic acids is 1. The summed E-state index contributed by atoms with van der Waals surface area (Å²) in [7, 11) is 0. The van der Waals surface area contributed by atoms with E-state index < -0.39 is 23.8 Å². The van der Waals surface area contributed by atoms with Gasteiger partial charge in [0.05, 0.1) is 11.3 Å². The second kappa shape index (κ2) is 9.22. The predicted molar refractivity (Wildman–Crippen MR) is 111 cm³/mol. The molecule has 3 aromatic rings. The minimum absolute atomic E-state index is 0.127. The Morgan fingerprint density at radius 2 is 1.82 bits per heavy atom. The third kappa shape index (κ3) is 5.16. The zero-order chi connectivity index (χ0) is 23.6. The number of nitrogens with zero attached hydrogens (tertiary/aromatic N) is 2. The minimum Gasteiger partial charge on any atom is -0.491 e. The molecule has 1 aliphatic rings. The fraction of sp³-hybridized carbons (Fsp3) is 0.304. The van der Waals surface area contributed by atoms with E-state index in [0.29, 0.717) is 12.1 Å². The number of ether oxygens (including phenoxy) is 1. The highest BCUT2D eigenvalue weighted by atomic mass is 19.4. The summed E-state index contributed by atoms with van der Waals surface area (Å²) in [4.78, 5) is 12.7. The van der Waals surface area contributed by atoms with Crippen molar-refractivity contribution in [2.24, 2.45) is 0 Å². The number of amides is 1. The Bertz CT molecular complexity index is 1130. The van der Waals surface area contributed by atoms with Crippen LogP contribution in [0.3, 0.4) is 0 Å². The lowest BCUT2D eigenvalue weighted by Crippen LogP contribution is -2.35. The molecule has 174 valence electrons. The van der Waals surface area contributed by atoms with Crippen LogP contribution in [0.4, 0.5) is 17.6 Å². The van der Waals surface area contributed by atoms with Crippen LogP contribution in [0.1, 0.15) is 33.7 Å². The number of benzene rings is 2. The van der Waals surface area contributed by atoms with E-state index in [9.17, 15) is 27.5 Å². The van der Waals surface area contributed by atoms with Crippen molar-refractivity contribution in [3.63, 3.8) is 0 Å². The lowest BCUT2D eigenvalue weighted by Gasteiger charge is -2.14. The third-order valence-corrected chi connectivity index (χ3v) is 5.34. The minimum atomic E-state index is -4.44. The smallest absolute Gasteiger partial charge is 0.416 e. The zero-order valence-electron chi connectivity index (χ0n) is 17.4. The van der Waals surface area contributed by atoms with Crippen LogP contribution in [0, 0.1) is 5.82 Å². The maximum Gasteiger partial charge on any atom is 0.416 e. The van der Waals surface area contributed by atoms with Crippen molar-refractivity contribution >= 4 is 5.91 Å². The molecular formula is C23H21F4N3O3. The predicted octanol–water partition coefficient (Wildman–Crippen LogP) is 3.69. The van der Waals surface area contributed by atoms with Crippen LogP contribution >= 0.6 is 0 Å². The van der Waals surface area contributed by atoms with Crippen LogP contribution in [-0.2, 0) is 19.0 Å². The van der Waals surface area contributed by atoms with Crippen LogP contribution < -0.4 is 10.1 Å². The van der Waals surface area contributed by atoms with Crippen molar-refractivity contribution in [3.8, 4) is 11.4 Å². The number of halogens is 4. The average Bonchev–Trinajstić information content (AvgIpc) is 3.39. The van der Waals surface area contributed by atoms with Gasteiger partial charge < -0.3 is 15.2 Å². The van der Waals surface area contributed by atoms with Gasteiger partial charge in [-0.2, -0.15) is 18.3 Å². The zero-order valence-corrected chi connectivity index (χ0v) is 17.4. The summed E-state index contributed by atoms with van der Waals surface area (Å²) in [6.07, 6.45) is -3.21. The number of carbonyl (C=O) groups is 1. The molecular weight excluding hydrogens is 442 g/mol. The van der Waals surface area contributed by atoms with Crippen molar-refractivity contribution in [1.29, 1.82) is 0 Å². The summed E-state index contributed by atoms with van der Waals surface area (Å²) in [6, 6.07) is 9.94. The molecule has 2 aromatic carbocycles. The summed E-state index contributed by atoms with van der Waals surface area (Å²) in [5.41, 5.74) is 1.83. The Labute approximate surface area is 186 Å². The number of rotatable bonds is 7. The largest absolute Gasteiger partial charge is 0.491 e. The van der Waals surface area contributed by atoms with E-state index in [0.717, 1.165) is 36.2 Å². The Hall–Kier alpha value is -3.40. The molecule has 1 atom stereocenters. The van der Waals surface area contributed by atoms with E-state index in [2.05, 4.69) is 10.4 Å². The summed E-state index contributed by atoms with van der Waals surface area (Å²) in [5, 5.41) is 17.1. The molecule has 0 saturated carbocycles. The first kappa shape index (κ1) is 22.8. The van der Waals surface area contributed by atoms with Crippen LogP contribution in [0.2, 0.25) is 0 Å². The van der Waals surface area contributed by atoms with Crippen molar-refractivity contribution in [3.05, 3.63) is 76.9 Å². The Kier molecular flexibility index (Phi) is 6.37. The second-order valence-corrected chi connectivity index (χ2v) is 7.71. The van der Waals surface area contributed by atoms with Crippen molar-refractivity contribution < 1.29 is 32.2 Å². The summed E-state index contributed by atoms with van der Waals surface area (Å²) in [5.74, 6) is -0.653. The van der Waals surface area contributed by atoms with Gasteiger partial charge in [0.15, 0.2) is 5.69 Å². The number of alkyl halides is 3. The quantitative estimate of drug-likeness (QED) is 0.524. The molecule has 1 amide bonds. The maximum atomic E-state index is 13.2. The molecule has 1 unspecified atom stereocenters. The van der Waals surface area contributed by atoms with Crippen molar-refractivity contribution in [2.75, 3.05) is 13.2 Å². The van der Waals surface area contributed by atoms with E-state index >= 15 is 0 Å². The van der Waals surface area contributed by atoms with E-state index in [4.69, 9.17) is 4.74 Å². The van der Waals surface area contributed by atoms with Gasteiger partial charge in [0.2, 0.25) is 0 Å². The van der Waals surface area contributed by atoms with Gasteiger partial charge in [0, 0.05) is 17.8 Å². The van der Waals surface area contributed by atoms with Gasteiger partial charge in [-0.1, -0.05) is 0 Å². The fourth-order valence-corrected chi connectivity index (χ4v) is 3.70. The number of aliphatic hydroxyl groups is 1. The molecule has 0 aliphatic heterocycles. The standard InChI is InChI=1S/C23H21F4N3O3/c24-15-6-8-16(9-7-15)30-20-3-1-2-19(20)21(29-30)22(32)28-12-17(31)13-33-18-10-4-14(5-11-18)23(25,26)27/h4-11,17,31H,1-3,12-13H2,(H,28,32). The number of hydrogen-bond acceptors (Lipinski definition) is 4. The van der Waals surface area contributed by atoms with Crippen LogP contribution in [0.15, 0.2) is 48.5 Å². The third-order valence-electron chi connectivity index (χ3n) is 5.34.